The Balaban J connectivity index is 2.03. The average Bonchev–Trinajstić information content (AvgIpc) is 2.76. The number of rotatable bonds is 3. The fraction of sp³-hybridized carbons (Fsp3) is 0.0909. The van der Waals surface area contributed by atoms with Crippen LogP contribution < -0.4 is 4.74 Å². The molecule has 0 N–H and O–H groups in total. The van der Waals surface area contributed by atoms with Gasteiger partial charge in [0.25, 0.3) is 0 Å². The van der Waals surface area contributed by atoms with E-state index < -0.39 is 0 Å². The molecule has 3 nitrogen and oxygen atoms in total. The van der Waals surface area contributed by atoms with Gasteiger partial charge >= 0.3 is 0 Å². The Kier molecular flexibility index (Phi) is 3.40. The first-order valence-corrected chi connectivity index (χ1v) is 5.77. The predicted octanol–water partition coefficient (Wildman–Crippen LogP) is 3.25. The lowest BCUT2D eigenvalue weighted by atomic mass is 10.3. The van der Waals surface area contributed by atoms with Crippen molar-refractivity contribution >= 4 is 22.9 Å². The standard InChI is InChI=1S/C11H7ClN2OS/c12-9-3-1-2-4-10(9)15-6-11-14-8(5-13)7-16-11/h1-4,7H,6H2. The highest BCUT2D eigenvalue weighted by Gasteiger charge is 2.04. The van der Waals surface area contributed by atoms with Gasteiger partial charge in [0.05, 0.1) is 5.02 Å². The van der Waals surface area contributed by atoms with Gasteiger partial charge in [-0.3, -0.25) is 0 Å². The van der Waals surface area contributed by atoms with Crippen molar-refractivity contribution in [1.82, 2.24) is 4.98 Å². The summed E-state index contributed by atoms with van der Waals surface area (Å²) in [5, 5.41) is 11.6. The number of aromatic nitrogens is 1. The van der Waals surface area contributed by atoms with Crippen LogP contribution in [0.4, 0.5) is 0 Å². The van der Waals surface area contributed by atoms with Gasteiger partial charge in [-0.2, -0.15) is 5.26 Å². The summed E-state index contributed by atoms with van der Waals surface area (Å²) in [5.74, 6) is 0.623. The molecule has 0 atom stereocenters. The summed E-state index contributed by atoms with van der Waals surface area (Å²) in [4.78, 5) is 4.06. The van der Waals surface area contributed by atoms with Gasteiger partial charge in [0.1, 0.15) is 23.4 Å². The van der Waals surface area contributed by atoms with Crippen molar-refractivity contribution in [2.24, 2.45) is 0 Å². The van der Waals surface area contributed by atoms with Crippen LogP contribution in [0.2, 0.25) is 5.02 Å². The van der Waals surface area contributed by atoms with Gasteiger partial charge in [0.2, 0.25) is 0 Å². The minimum atomic E-state index is 0.329. The molecule has 80 valence electrons. The maximum atomic E-state index is 8.61. The SMILES string of the molecule is N#Cc1csc(COc2ccccc2Cl)n1. The molecule has 1 aromatic heterocycles. The molecule has 2 rings (SSSR count). The van der Waals surface area contributed by atoms with Gasteiger partial charge in [0.15, 0.2) is 5.69 Å². The smallest absolute Gasteiger partial charge is 0.151 e. The van der Waals surface area contributed by atoms with E-state index in [1.807, 2.05) is 18.2 Å². The van der Waals surface area contributed by atoms with Crippen LogP contribution in [0, 0.1) is 11.3 Å². The van der Waals surface area contributed by atoms with Crippen LogP contribution in [0.1, 0.15) is 10.7 Å². The molecule has 0 saturated carbocycles. The van der Waals surface area contributed by atoms with Crippen LogP contribution in [-0.4, -0.2) is 4.98 Å². The van der Waals surface area contributed by atoms with E-state index in [0.29, 0.717) is 23.1 Å². The topological polar surface area (TPSA) is 45.9 Å². The van der Waals surface area contributed by atoms with Crippen molar-refractivity contribution in [1.29, 1.82) is 5.26 Å². The van der Waals surface area contributed by atoms with Gasteiger partial charge in [0, 0.05) is 5.38 Å². The summed E-state index contributed by atoms with van der Waals surface area (Å²) < 4.78 is 5.49. The highest BCUT2D eigenvalue weighted by Crippen LogP contribution is 2.24. The monoisotopic (exact) mass is 250 g/mol. The summed E-state index contributed by atoms with van der Waals surface area (Å²) >= 11 is 7.33. The number of hydrogen-bond acceptors (Lipinski definition) is 4. The minimum Gasteiger partial charge on any atom is -0.485 e. The molecule has 0 aliphatic heterocycles. The number of nitriles is 1. The first-order chi connectivity index (χ1) is 7.79. The summed E-state index contributed by atoms with van der Waals surface area (Å²) in [7, 11) is 0. The summed E-state index contributed by atoms with van der Waals surface area (Å²) in [6, 6.07) is 9.22. The number of halogens is 1. The molecule has 0 spiro atoms. The Morgan fingerprint density at radius 3 is 2.94 bits per heavy atom. The average molecular weight is 251 g/mol. The largest absolute Gasteiger partial charge is 0.485 e. The molecule has 2 aromatic rings. The van der Waals surface area contributed by atoms with Crippen LogP contribution in [0.5, 0.6) is 5.75 Å². The van der Waals surface area contributed by atoms with Gasteiger partial charge < -0.3 is 4.74 Å². The lowest BCUT2D eigenvalue weighted by Crippen LogP contribution is -1.95. The van der Waals surface area contributed by atoms with Crippen LogP contribution >= 0.6 is 22.9 Å². The quantitative estimate of drug-likeness (QED) is 0.840. The zero-order valence-corrected chi connectivity index (χ0v) is 9.76. The Morgan fingerprint density at radius 2 is 2.25 bits per heavy atom. The Labute approximate surface area is 102 Å². The molecule has 1 aromatic carbocycles. The van der Waals surface area contributed by atoms with Gasteiger partial charge in [-0.15, -0.1) is 11.3 Å². The van der Waals surface area contributed by atoms with E-state index in [-0.39, 0.29) is 0 Å². The normalized spacial score (nSPS) is 9.75. The number of nitrogens with zero attached hydrogens (tertiary/aromatic N) is 2. The molecule has 1 heterocycles. The van der Waals surface area contributed by atoms with Crippen LogP contribution in [0.25, 0.3) is 0 Å². The van der Waals surface area contributed by atoms with Crippen molar-refractivity contribution in [2.45, 2.75) is 6.61 Å². The molecule has 0 aliphatic carbocycles. The van der Waals surface area contributed by atoms with E-state index in [9.17, 15) is 0 Å². The predicted molar refractivity (Wildman–Crippen MR) is 62.6 cm³/mol. The van der Waals surface area contributed by atoms with Crippen LogP contribution in [0.15, 0.2) is 29.6 Å². The highest BCUT2D eigenvalue weighted by molar-refractivity contribution is 7.09. The second kappa shape index (κ2) is 4.97. The Bertz CT molecular complexity index is 533. The van der Waals surface area contributed by atoms with Crippen LogP contribution in [-0.2, 0) is 6.61 Å². The lowest BCUT2D eigenvalue weighted by molar-refractivity contribution is 0.305. The number of ether oxygens (including phenoxy) is 1. The van der Waals surface area contributed by atoms with E-state index in [1.54, 1.807) is 17.5 Å². The zero-order valence-electron chi connectivity index (χ0n) is 8.18. The summed E-state index contributed by atoms with van der Waals surface area (Å²) in [5.41, 5.74) is 0.419. The van der Waals surface area contributed by atoms with E-state index >= 15 is 0 Å². The van der Waals surface area contributed by atoms with Crippen molar-refractivity contribution < 1.29 is 4.74 Å². The maximum Gasteiger partial charge on any atom is 0.151 e. The molecular formula is C11H7ClN2OS. The van der Waals surface area contributed by atoms with Gasteiger partial charge in [-0.05, 0) is 12.1 Å². The second-order valence-electron chi connectivity index (χ2n) is 2.96. The molecule has 0 aliphatic rings. The van der Waals surface area contributed by atoms with Gasteiger partial charge in [-0.1, -0.05) is 23.7 Å². The number of hydrogen-bond donors (Lipinski definition) is 0. The Hall–Kier alpha value is -1.57. The molecule has 0 fully saturated rings. The Morgan fingerprint density at radius 1 is 1.44 bits per heavy atom. The summed E-state index contributed by atoms with van der Waals surface area (Å²) in [6.45, 7) is 0.329. The molecule has 0 bridgehead atoms. The minimum absolute atomic E-state index is 0.329. The van der Waals surface area contributed by atoms with Gasteiger partial charge in [-0.25, -0.2) is 4.98 Å². The lowest BCUT2D eigenvalue weighted by Gasteiger charge is -2.04. The number of thiazole rings is 1. The molecule has 0 amide bonds. The summed E-state index contributed by atoms with van der Waals surface area (Å²) in [6.07, 6.45) is 0. The first kappa shape index (κ1) is 10.9. The van der Waals surface area contributed by atoms with E-state index in [4.69, 9.17) is 21.6 Å². The molecule has 0 radical (unpaired) electrons. The van der Waals surface area contributed by atoms with Crippen LogP contribution in [0.3, 0.4) is 0 Å². The zero-order chi connectivity index (χ0) is 11.4. The highest BCUT2D eigenvalue weighted by atomic mass is 35.5. The van der Waals surface area contributed by atoms with Crippen molar-refractivity contribution in [2.75, 3.05) is 0 Å². The van der Waals surface area contributed by atoms with E-state index in [0.717, 1.165) is 5.01 Å². The fourth-order valence-corrected chi connectivity index (χ4v) is 1.95. The fourth-order valence-electron chi connectivity index (χ4n) is 1.13. The molecular weight excluding hydrogens is 244 g/mol. The molecule has 0 unspecified atom stereocenters. The van der Waals surface area contributed by atoms with Crippen molar-refractivity contribution in [3.8, 4) is 11.8 Å². The first-order valence-electron chi connectivity index (χ1n) is 4.51. The molecule has 0 saturated heterocycles. The third-order valence-corrected chi connectivity index (χ3v) is 2.99. The molecule has 16 heavy (non-hydrogen) atoms. The third kappa shape index (κ3) is 2.51. The van der Waals surface area contributed by atoms with Crippen molar-refractivity contribution in [3.63, 3.8) is 0 Å². The van der Waals surface area contributed by atoms with E-state index in [2.05, 4.69) is 4.98 Å². The second-order valence-corrected chi connectivity index (χ2v) is 4.31. The van der Waals surface area contributed by atoms with Crippen molar-refractivity contribution in [3.05, 3.63) is 45.4 Å². The maximum absolute atomic E-state index is 8.61. The number of benzene rings is 1. The third-order valence-electron chi connectivity index (χ3n) is 1.85. The van der Waals surface area contributed by atoms with E-state index in [1.165, 1.54) is 11.3 Å². The number of para-hydroxylation sites is 1. The molecule has 5 heteroatoms.